The molecule has 0 bridgehead atoms. The van der Waals surface area contributed by atoms with E-state index in [-0.39, 0.29) is 0 Å². The number of hydrogen-bond acceptors (Lipinski definition) is 2. The summed E-state index contributed by atoms with van der Waals surface area (Å²) in [5, 5.41) is 6.97. The molecule has 1 aliphatic rings. The van der Waals surface area contributed by atoms with Crippen LogP contribution < -0.4 is 10.6 Å². The van der Waals surface area contributed by atoms with Crippen molar-refractivity contribution in [2.45, 2.75) is 46.5 Å². The molecule has 1 rings (SSSR count). The second-order valence-electron chi connectivity index (χ2n) is 5.45. The van der Waals surface area contributed by atoms with Gasteiger partial charge in [0, 0.05) is 0 Å². The lowest BCUT2D eigenvalue weighted by atomic mass is 9.67. The Kier molecular flexibility index (Phi) is 7.06. The highest BCUT2D eigenvalue weighted by Crippen LogP contribution is 2.38. The molecule has 1 saturated carbocycles. The minimum Gasteiger partial charge on any atom is -0.317 e. The minimum absolute atomic E-state index is 0.946. The molecule has 2 heteroatoms. The highest BCUT2D eigenvalue weighted by molar-refractivity contribution is 4.84. The number of unbranched alkanes of at least 4 members (excludes halogenated alkanes) is 2. The molecule has 0 aromatic rings. The topological polar surface area (TPSA) is 24.1 Å². The lowest BCUT2D eigenvalue weighted by Gasteiger charge is -2.41. The summed E-state index contributed by atoms with van der Waals surface area (Å²) in [5.74, 6) is 2.87. The third kappa shape index (κ3) is 4.84. The summed E-state index contributed by atoms with van der Waals surface area (Å²) in [6.45, 7) is 11.7. The lowest BCUT2D eigenvalue weighted by molar-refractivity contribution is 0.102. The van der Waals surface area contributed by atoms with Crippen molar-refractivity contribution in [2.75, 3.05) is 26.2 Å². The van der Waals surface area contributed by atoms with E-state index in [1.54, 1.807) is 0 Å². The molecule has 1 unspecified atom stereocenters. The van der Waals surface area contributed by atoms with Gasteiger partial charge in [-0.2, -0.15) is 0 Å². The molecule has 16 heavy (non-hydrogen) atoms. The van der Waals surface area contributed by atoms with E-state index in [0.717, 1.165) is 24.3 Å². The van der Waals surface area contributed by atoms with Crippen LogP contribution in [-0.2, 0) is 0 Å². The minimum atomic E-state index is 0.946. The van der Waals surface area contributed by atoms with Crippen molar-refractivity contribution in [3.8, 4) is 0 Å². The van der Waals surface area contributed by atoms with Crippen LogP contribution in [0.1, 0.15) is 46.5 Å². The Bertz CT molecular complexity index is 170. The molecular formula is C14H30N2. The molecular weight excluding hydrogens is 196 g/mol. The zero-order valence-electron chi connectivity index (χ0n) is 11.4. The predicted molar refractivity (Wildman–Crippen MR) is 71.7 cm³/mol. The van der Waals surface area contributed by atoms with Gasteiger partial charge in [-0.25, -0.2) is 0 Å². The predicted octanol–water partition coefficient (Wildman–Crippen LogP) is 2.65. The Hall–Kier alpha value is -0.0800. The Morgan fingerprint density at radius 1 is 1.00 bits per heavy atom. The largest absolute Gasteiger partial charge is 0.317 e. The van der Waals surface area contributed by atoms with Crippen LogP contribution in [0, 0.1) is 17.8 Å². The summed E-state index contributed by atoms with van der Waals surface area (Å²) in [7, 11) is 0. The van der Waals surface area contributed by atoms with Gasteiger partial charge in [0.05, 0.1) is 0 Å². The molecule has 0 amide bonds. The molecule has 1 fully saturated rings. The smallest absolute Gasteiger partial charge is 0.00178 e. The highest BCUT2D eigenvalue weighted by Gasteiger charge is 2.33. The van der Waals surface area contributed by atoms with Gasteiger partial charge in [-0.3, -0.25) is 0 Å². The van der Waals surface area contributed by atoms with Crippen molar-refractivity contribution >= 4 is 0 Å². The van der Waals surface area contributed by atoms with Gasteiger partial charge < -0.3 is 10.6 Å². The van der Waals surface area contributed by atoms with E-state index in [0.29, 0.717) is 0 Å². The summed E-state index contributed by atoms with van der Waals surface area (Å²) in [6.07, 6.45) is 5.46. The zero-order valence-corrected chi connectivity index (χ0v) is 11.4. The maximum Gasteiger partial charge on any atom is -0.00178 e. The van der Waals surface area contributed by atoms with Crippen LogP contribution in [0.5, 0.6) is 0 Å². The van der Waals surface area contributed by atoms with Gasteiger partial charge in [0.25, 0.3) is 0 Å². The van der Waals surface area contributed by atoms with Crippen molar-refractivity contribution in [2.24, 2.45) is 17.8 Å². The average Bonchev–Trinajstić information content (AvgIpc) is 2.30. The van der Waals surface area contributed by atoms with Crippen molar-refractivity contribution < 1.29 is 0 Å². The summed E-state index contributed by atoms with van der Waals surface area (Å²) >= 11 is 0. The number of nitrogens with one attached hydrogen (secondary N) is 2. The van der Waals surface area contributed by atoms with Gasteiger partial charge >= 0.3 is 0 Å². The van der Waals surface area contributed by atoms with E-state index in [4.69, 9.17) is 0 Å². The van der Waals surface area contributed by atoms with Gasteiger partial charge in [-0.05, 0) is 63.2 Å². The van der Waals surface area contributed by atoms with E-state index >= 15 is 0 Å². The second-order valence-corrected chi connectivity index (χ2v) is 5.45. The van der Waals surface area contributed by atoms with Crippen LogP contribution in [-0.4, -0.2) is 26.2 Å². The third-order valence-corrected chi connectivity index (χ3v) is 4.18. The molecule has 0 spiro atoms. The van der Waals surface area contributed by atoms with Crippen LogP contribution in [0.25, 0.3) is 0 Å². The summed E-state index contributed by atoms with van der Waals surface area (Å²) in [5.41, 5.74) is 0. The summed E-state index contributed by atoms with van der Waals surface area (Å²) in [6, 6.07) is 0. The Morgan fingerprint density at radius 2 is 1.69 bits per heavy atom. The first kappa shape index (κ1) is 14.0. The summed E-state index contributed by atoms with van der Waals surface area (Å²) in [4.78, 5) is 0. The Balaban J connectivity index is 1.78. The van der Waals surface area contributed by atoms with Gasteiger partial charge in [0.15, 0.2) is 0 Å². The van der Waals surface area contributed by atoms with E-state index in [9.17, 15) is 0 Å². The van der Waals surface area contributed by atoms with Gasteiger partial charge in [-0.15, -0.1) is 0 Å². The van der Waals surface area contributed by atoms with E-state index in [1.807, 2.05) is 0 Å². The quantitative estimate of drug-likeness (QED) is 0.591. The first-order chi connectivity index (χ1) is 7.75. The molecule has 96 valence electrons. The SMILES string of the molecule is CCNCCCCCNCC1C[C@@H](C)[C@H]1C. The van der Waals surface area contributed by atoms with Crippen LogP contribution in [0.2, 0.25) is 0 Å². The van der Waals surface area contributed by atoms with Crippen molar-refractivity contribution in [1.82, 2.24) is 10.6 Å². The third-order valence-electron chi connectivity index (χ3n) is 4.18. The molecule has 0 saturated heterocycles. The molecule has 0 aromatic heterocycles. The van der Waals surface area contributed by atoms with E-state index in [1.165, 1.54) is 45.3 Å². The van der Waals surface area contributed by atoms with Gasteiger partial charge in [0.1, 0.15) is 0 Å². The van der Waals surface area contributed by atoms with Crippen molar-refractivity contribution in [1.29, 1.82) is 0 Å². The fraction of sp³-hybridized carbons (Fsp3) is 1.00. The maximum absolute atomic E-state index is 3.61. The van der Waals surface area contributed by atoms with Crippen LogP contribution in [0.15, 0.2) is 0 Å². The monoisotopic (exact) mass is 226 g/mol. The fourth-order valence-corrected chi connectivity index (χ4v) is 2.59. The molecule has 1 aliphatic carbocycles. The number of rotatable bonds is 9. The van der Waals surface area contributed by atoms with E-state index in [2.05, 4.69) is 31.4 Å². The van der Waals surface area contributed by atoms with Gasteiger partial charge in [-0.1, -0.05) is 27.2 Å². The standard InChI is InChI=1S/C14H30N2/c1-4-15-8-6-5-7-9-16-11-14-10-12(2)13(14)3/h12-16H,4-11H2,1-3H3/t12-,13-,14?/m1/s1. The maximum atomic E-state index is 3.61. The molecule has 3 atom stereocenters. The Morgan fingerprint density at radius 3 is 2.25 bits per heavy atom. The molecule has 0 aromatic carbocycles. The second kappa shape index (κ2) is 8.08. The first-order valence-corrected chi connectivity index (χ1v) is 7.17. The normalized spacial score (nSPS) is 29.1. The van der Waals surface area contributed by atoms with Crippen molar-refractivity contribution in [3.05, 3.63) is 0 Å². The fourth-order valence-electron chi connectivity index (χ4n) is 2.59. The summed E-state index contributed by atoms with van der Waals surface area (Å²) < 4.78 is 0. The molecule has 2 nitrogen and oxygen atoms in total. The molecule has 2 N–H and O–H groups in total. The number of hydrogen-bond donors (Lipinski definition) is 2. The first-order valence-electron chi connectivity index (χ1n) is 7.17. The van der Waals surface area contributed by atoms with Gasteiger partial charge in [0.2, 0.25) is 0 Å². The highest BCUT2D eigenvalue weighted by atomic mass is 14.9. The molecule has 0 heterocycles. The van der Waals surface area contributed by atoms with Crippen LogP contribution in [0.4, 0.5) is 0 Å². The molecule has 0 radical (unpaired) electrons. The van der Waals surface area contributed by atoms with E-state index < -0.39 is 0 Å². The molecule has 0 aliphatic heterocycles. The van der Waals surface area contributed by atoms with Crippen molar-refractivity contribution in [3.63, 3.8) is 0 Å². The zero-order chi connectivity index (χ0) is 11.8. The lowest BCUT2D eigenvalue weighted by Crippen LogP contribution is -2.39. The van der Waals surface area contributed by atoms with Crippen LogP contribution in [0.3, 0.4) is 0 Å². The Labute approximate surface area is 102 Å². The average molecular weight is 226 g/mol. The van der Waals surface area contributed by atoms with Crippen LogP contribution >= 0.6 is 0 Å².